The van der Waals surface area contributed by atoms with Gasteiger partial charge in [-0.05, 0) is 20.8 Å². The first-order chi connectivity index (χ1) is 5.33. The zero-order valence-corrected chi connectivity index (χ0v) is 7.33. The second-order valence-electron chi connectivity index (χ2n) is 2.89. The Morgan fingerprint density at radius 2 is 2.08 bits per heavy atom. The summed E-state index contributed by atoms with van der Waals surface area (Å²) in [5.74, 6) is -0.334. The van der Waals surface area contributed by atoms with Crippen molar-refractivity contribution in [2.24, 2.45) is 0 Å². The lowest BCUT2D eigenvalue weighted by Crippen LogP contribution is -2.20. The fourth-order valence-corrected chi connectivity index (χ4v) is 0.871. The van der Waals surface area contributed by atoms with Crippen molar-refractivity contribution >= 4 is 6.22 Å². The van der Waals surface area contributed by atoms with Crippen LogP contribution in [0.5, 0.6) is 0 Å². The second kappa shape index (κ2) is 4.37. The van der Waals surface area contributed by atoms with Crippen LogP contribution in [0.4, 0.5) is 9.18 Å². The number of carbonyl (C=O) groups is 1. The van der Waals surface area contributed by atoms with Gasteiger partial charge in [0.2, 0.25) is 0 Å². The highest BCUT2D eigenvalue weighted by Crippen LogP contribution is 2.21. The van der Waals surface area contributed by atoms with E-state index in [2.05, 4.69) is 0 Å². The van der Waals surface area contributed by atoms with Gasteiger partial charge in [0, 0.05) is 0 Å². The fraction of sp³-hybridized carbons (Fsp3) is 0.857. The molecule has 1 rings (SSSR count). The summed E-state index contributed by atoms with van der Waals surface area (Å²) in [6, 6.07) is 0. The van der Waals surface area contributed by atoms with Gasteiger partial charge in [-0.2, -0.15) is 0 Å². The Morgan fingerprint density at radius 3 is 2.17 bits per heavy atom. The molecule has 0 bridgehead atoms. The zero-order valence-electron chi connectivity index (χ0n) is 7.33. The number of hydrogen-bond acceptors (Lipinski definition) is 3. The van der Waals surface area contributed by atoms with Crippen LogP contribution in [0.3, 0.4) is 0 Å². The van der Waals surface area contributed by atoms with Crippen LogP contribution in [-0.4, -0.2) is 29.8 Å². The van der Waals surface area contributed by atoms with Crippen molar-refractivity contribution < 1.29 is 23.8 Å². The Kier molecular flexibility index (Phi) is 4.12. The second-order valence-corrected chi connectivity index (χ2v) is 2.89. The number of halogens is 1. The van der Waals surface area contributed by atoms with E-state index in [-0.39, 0.29) is 11.9 Å². The van der Waals surface area contributed by atoms with E-state index in [9.17, 15) is 4.39 Å². The SMILES string of the molecule is CC1COC(C)(C)O1.O=C(O)F. The van der Waals surface area contributed by atoms with E-state index in [4.69, 9.17) is 19.4 Å². The molecule has 1 saturated heterocycles. The highest BCUT2D eigenvalue weighted by molar-refractivity contribution is 5.54. The number of rotatable bonds is 0. The molecule has 5 heteroatoms. The van der Waals surface area contributed by atoms with Crippen LogP contribution in [0.15, 0.2) is 0 Å². The number of hydrogen-bond donors (Lipinski definition) is 1. The lowest BCUT2D eigenvalue weighted by atomic mass is 10.4. The van der Waals surface area contributed by atoms with E-state index in [1.54, 1.807) is 0 Å². The summed E-state index contributed by atoms with van der Waals surface area (Å²) in [4.78, 5) is 8.33. The van der Waals surface area contributed by atoms with Gasteiger partial charge in [-0.25, -0.2) is 4.79 Å². The van der Waals surface area contributed by atoms with E-state index in [1.807, 2.05) is 20.8 Å². The summed E-state index contributed by atoms with van der Waals surface area (Å²) in [5, 5.41) is 6.75. The maximum atomic E-state index is 9.92. The fourth-order valence-electron chi connectivity index (χ4n) is 0.871. The maximum Gasteiger partial charge on any atom is 0.492 e. The molecule has 1 aliphatic heterocycles. The third-order valence-corrected chi connectivity index (χ3v) is 1.15. The Balaban J connectivity index is 0.000000261. The largest absolute Gasteiger partial charge is 0.492 e. The van der Waals surface area contributed by atoms with Gasteiger partial charge in [0.05, 0.1) is 12.7 Å². The summed E-state index contributed by atoms with van der Waals surface area (Å²) in [5.41, 5.74) is 0. The molecular formula is C7H13FO4. The lowest BCUT2D eigenvalue weighted by molar-refractivity contribution is -0.136. The molecule has 1 aliphatic rings. The van der Waals surface area contributed by atoms with Crippen molar-refractivity contribution in [1.29, 1.82) is 0 Å². The molecule has 0 saturated carbocycles. The molecular weight excluding hydrogens is 167 g/mol. The molecule has 0 aromatic carbocycles. The Bertz CT molecular complexity index is 153. The van der Waals surface area contributed by atoms with E-state index < -0.39 is 6.22 Å². The van der Waals surface area contributed by atoms with Crippen LogP contribution in [0, 0.1) is 0 Å². The first-order valence-electron chi connectivity index (χ1n) is 3.53. The molecule has 0 aromatic rings. The van der Waals surface area contributed by atoms with Gasteiger partial charge in [-0.1, -0.05) is 0 Å². The predicted octanol–water partition coefficient (Wildman–Crippen LogP) is 1.79. The summed E-state index contributed by atoms with van der Waals surface area (Å²) in [6.45, 7) is 6.59. The lowest BCUT2D eigenvalue weighted by Gasteiger charge is -2.15. The molecule has 0 radical (unpaired) electrons. The van der Waals surface area contributed by atoms with E-state index in [0.717, 1.165) is 6.61 Å². The third-order valence-electron chi connectivity index (χ3n) is 1.15. The summed E-state index contributed by atoms with van der Waals surface area (Å²) in [7, 11) is 0. The van der Waals surface area contributed by atoms with Crippen molar-refractivity contribution in [3.8, 4) is 0 Å². The predicted molar refractivity (Wildman–Crippen MR) is 39.7 cm³/mol. The van der Waals surface area contributed by atoms with Gasteiger partial charge in [0.25, 0.3) is 0 Å². The minimum absolute atomic E-state index is 0.269. The highest BCUT2D eigenvalue weighted by atomic mass is 19.1. The summed E-state index contributed by atoms with van der Waals surface area (Å²) in [6.07, 6.45) is -2.06. The molecule has 12 heavy (non-hydrogen) atoms. The maximum absolute atomic E-state index is 9.92. The molecule has 4 nitrogen and oxygen atoms in total. The molecule has 1 heterocycles. The van der Waals surface area contributed by atoms with Crippen LogP contribution < -0.4 is 0 Å². The molecule has 72 valence electrons. The summed E-state index contributed by atoms with van der Waals surface area (Å²) < 4.78 is 20.5. The van der Waals surface area contributed by atoms with Crippen molar-refractivity contribution in [3.05, 3.63) is 0 Å². The van der Waals surface area contributed by atoms with Gasteiger partial charge in [-0.15, -0.1) is 4.39 Å². The zero-order chi connectivity index (χ0) is 9.78. The topological polar surface area (TPSA) is 55.8 Å². The van der Waals surface area contributed by atoms with Crippen LogP contribution in [0.2, 0.25) is 0 Å². The average molecular weight is 180 g/mol. The Labute approximate surface area is 70.3 Å². The van der Waals surface area contributed by atoms with Crippen LogP contribution >= 0.6 is 0 Å². The van der Waals surface area contributed by atoms with E-state index >= 15 is 0 Å². The van der Waals surface area contributed by atoms with Crippen molar-refractivity contribution in [2.45, 2.75) is 32.7 Å². The number of carboxylic acid groups (broad SMARTS) is 1. The number of ether oxygens (including phenoxy) is 2. The molecule has 1 atom stereocenters. The van der Waals surface area contributed by atoms with E-state index in [0.29, 0.717) is 0 Å². The first kappa shape index (κ1) is 11.3. The highest BCUT2D eigenvalue weighted by Gasteiger charge is 2.29. The standard InChI is InChI=1S/C6H12O2.CHFO2/c1-5-4-7-6(2,3)8-5;2-1(3)4/h5H,4H2,1-3H3;(H,3,4). The molecule has 0 amide bonds. The monoisotopic (exact) mass is 180 g/mol. The molecule has 0 spiro atoms. The molecule has 1 N–H and O–H groups in total. The quantitative estimate of drug-likeness (QED) is 0.577. The third kappa shape index (κ3) is 6.06. The van der Waals surface area contributed by atoms with Crippen molar-refractivity contribution in [3.63, 3.8) is 0 Å². The minimum atomic E-state index is -2.33. The van der Waals surface area contributed by atoms with Gasteiger partial charge >= 0.3 is 6.22 Å². The van der Waals surface area contributed by atoms with Crippen LogP contribution in [-0.2, 0) is 9.47 Å². The normalized spacial score (nSPS) is 25.8. The van der Waals surface area contributed by atoms with Gasteiger partial charge in [0.1, 0.15) is 0 Å². The molecule has 1 fully saturated rings. The van der Waals surface area contributed by atoms with Gasteiger partial charge < -0.3 is 14.6 Å². The van der Waals surface area contributed by atoms with Gasteiger partial charge in [-0.3, -0.25) is 0 Å². The van der Waals surface area contributed by atoms with E-state index in [1.165, 1.54) is 0 Å². The Hall–Kier alpha value is -0.680. The molecule has 1 unspecified atom stereocenters. The first-order valence-corrected chi connectivity index (χ1v) is 3.53. The molecule has 0 aromatic heterocycles. The minimum Gasteiger partial charge on any atom is -0.456 e. The Morgan fingerprint density at radius 1 is 1.67 bits per heavy atom. The van der Waals surface area contributed by atoms with Crippen LogP contribution in [0.25, 0.3) is 0 Å². The average Bonchev–Trinajstić information content (AvgIpc) is 2.07. The smallest absolute Gasteiger partial charge is 0.456 e. The van der Waals surface area contributed by atoms with Crippen molar-refractivity contribution in [1.82, 2.24) is 0 Å². The van der Waals surface area contributed by atoms with Crippen molar-refractivity contribution in [2.75, 3.05) is 6.61 Å². The summed E-state index contributed by atoms with van der Waals surface area (Å²) >= 11 is 0. The van der Waals surface area contributed by atoms with Crippen LogP contribution in [0.1, 0.15) is 20.8 Å². The molecule has 0 aliphatic carbocycles. The van der Waals surface area contributed by atoms with Gasteiger partial charge in [0.15, 0.2) is 5.79 Å².